The molecule has 0 N–H and O–H groups in total. The molecule has 0 radical (unpaired) electrons. The van der Waals surface area contributed by atoms with Gasteiger partial charge in [-0.05, 0) is 37.8 Å². The number of nitrogens with zero attached hydrogens (tertiary/aromatic N) is 4. The van der Waals surface area contributed by atoms with Crippen LogP contribution in [0.5, 0.6) is 0 Å². The Bertz CT molecular complexity index is 853. The second-order valence-corrected chi connectivity index (χ2v) is 7.39. The van der Waals surface area contributed by atoms with E-state index in [4.69, 9.17) is 4.74 Å². The molecule has 1 aromatic carbocycles. The van der Waals surface area contributed by atoms with Gasteiger partial charge < -0.3 is 9.64 Å². The van der Waals surface area contributed by atoms with Gasteiger partial charge in [-0.1, -0.05) is 17.3 Å². The topological polar surface area (TPSA) is 60.2 Å². The number of piperidine rings is 1. The predicted octanol–water partition coefficient (Wildman–Crippen LogP) is 3.45. The maximum absolute atomic E-state index is 13.3. The first kappa shape index (κ1) is 18.9. The lowest BCUT2D eigenvalue weighted by molar-refractivity contribution is -0.138. The van der Waals surface area contributed by atoms with Crippen molar-refractivity contribution in [1.82, 2.24) is 19.9 Å². The van der Waals surface area contributed by atoms with Gasteiger partial charge in [0.05, 0.1) is 30.0 Å². The zero-order valence-corrected chi connectivity index (χ0v) is 15.4. The fraction of sp³-hybridized carbons (Fsp3) is 0.526. The molecule has 2 unspecified atom stereocenters. The van der Waals surface area contributed by atoms with E-state index in [-0.39, 0.29) is 23.7 Å². The molecule has 2 atom stereocenters. The number of methoxy groups -OCH3 is 1. The second-order valence-electron chi connectivity index (χ2n) is 7.39. The molecular weight excluding hydrogens is 373 g/mol. The number of ether oxygens (including phenoxy) is 1. The van der Waals surface area contributed by atoms with E-state index in [0.29, 0.717) is 19.4 Å². The van der Waals surface area contributed by atoms with Gasteiger partial charge in [0.2, 0.25) is 0 Å². The molecule has 2 aliphatic rings. The number of carbonyl (C=O) groups is 1. The summed E-state index contributed by atoms with van der Waals surface area (Å²) in [5, 5.41) is 8.24. The standard InChI is InChI=1S/C19H21F3N4O2/c1-28-11-12-10-25(24-23-12)15-8-13-6-7-14(9-15)26(13)18(27)16-4-2-3-5-17(16)19(20,21)22/h2-5,10,13-15H,6-9,11H2,1H3. The van der Waals surface area contributed by atoms with Gasteiger partial charge in [0.1, 0.15) is 5.69 Å². The van der Waals surface area contributed by atoms with Crippen molar-refractivity contribution >= 4 is 5.91 Å². The number of halogens is 3. The van der Waals surface area contributed by atoms with Gasteiger partial charge in [-0.3, -0.25) is 4.79 Å². The third-order valence-electron chi connectivity index (χ3n) is 5.63. The van der Waals surface area contributed by atoms with Crippen LogP contribution in [-0.2, 0) is 17.5 Å². The van der Waals surface area contributed by atoms with Crippen LogP contribution in [0, 0.1) is 0 Å². The summed E-state index contributed by atoms with van der Waals surface area (Å²) in [6.45, 7) is 0.373. The van der Waals surface area contributed by atoms with Gasteiger partial charge >= 0.3 is 6.18 Å². The van der Waals surface area contributed by atoms with Crippen LogP contribution in [-0.4, -0.2) is 45.0 Å². The first-order valence-electron chi connectivity index (χ1n) is 9.27. The van der Waals surface area contributed by atoms with Crippen LogP contribution in [0.3, 0.4) is 0 Å². The number of rotatable bonds is 4. The molecule has 3 heterocycles. The minimum absolute atomic E-state index is 0.0810. The Morgan fingerprint density at radius 2 is 1.86 bits per heavy atom. The van der Waals surface area contributed by atoms with Crippen molar-refractivity contribution in [3.63, 3.8) is 0 Å². The molecule has 2 aliphatic heterocycles. The normalized spacial score (nSPS) is 24.6. The molecule has 28 heavy (non-hydrogen) atoms. The summed E-state index contributed by atoms with van der Waals surface area (Å²) in [6.07, 6.45) is 0.186. The van der Waals surface area contributed by atoms with Crippen molar-refractivity contribution in [2.24, 2.45) is 0 Å². The van der Waals surface area contributed by atoms with Crippen molar-refractivity contribution < 1.29 is 22.7 Å². The third-order valence-corrected chi connectivity index (χ3v) is 5.63. The van der Waals surface area contributed by atoms with E-state index in [1.165, 1.54) is 18.2 Å². The van der Waals surface area contributed by atoms with Crippen LogP contribution in [0.1, 0.15) is 53.3 Å². The monoisotopic (exact) mass is 394 g/mol. The number of fused-ring (bicyclic) bond motifs is 2. The van der Waals surface area contributed by atoms with Gasteiger partial charge in [0, 0.05) is 19.2 Å². The summed E-state index contributed by atoms with van der Waals surface area (Å²) in [4.78, 5) is 14.7. The first-order valence-corrected chi connectivity index (χ1v) is 9.27. The lowest BCUT2D eigenvalue weighted by atomic mass is 9.95. The summed E-state index contributed by atoms with van der Waals surface area (Å²) in [5.74, 6) is -0.530. The highest BCUT2D eigenvalue weighted by Crippen LogP contribution is 2.42. The fourth-order valence-electron chi connectivity index (χ4n) is 4.46. The molecule has 0 spiro atoms. The van der Waals surface area contributed by atoms with Gasteiger partial charge in [-0.2, -0.15) is 13.2 Å². The Kier molecular flexibility index (Phi) is 4.86. The number of amides is 1. The maximum atomic E-state index is 13.3. The van der Waals surface area contributed by atoms with Crippen LogP contribution in [0.2, 0.25) is 0 Å². The summed E-state index contributed by atoms with van der Waals surface area (Å²) >= 11 is 0. The van der Waals surface area contributed by atoms with Gasteiger partial charge in [-0.25, -0.2) is 4.68 Å². The van der Waals surface area contributed by atoms with E-state index in [1.807, 2.05) is 6.20 Å². The molecule has 0 aliphatic carbocycles. The third kappa shape index (κ3) is 3.39. The number of hydrogen-bond acceptors (Lipinski definition) is 4. The van der Waals surface area contributed by atoms with E-state index in [2.05, 4.69) is 10.3 Å². The van der Waals surface area contributed by atoms with E-state index in [1.54, 1.807) is 16.7 Å². The van der Waals surface area contributed by atoms with Crippen LogP contribution >= 0.6 is 0 Å². The number of benzene rings is 1. The van der Waals surface area contributed by atoms with Crippen LogP contribution in [0.25, 0.3) is 0 Å². The molecule has 1 amide bonds. The molecule has 0 saturated carbocycles. The van der Waals surface area contributed by atoms with E-state index < -0.39 is 17.6 Å². The summed E-state index contributed by atoms with van der Waals surface area (Å²) < 4.78 is 46.9. The lowest BCUT2D eigenvalue weighted by Crippen LogP contribution is -2.47. The van der Waals surface area contributed by atoms with Gasteiger partial charge in [0.25, 0.3) is 5.91 Å². The molecule has 150 valence electrons. The molecule has 2 saturated heterocycles. The van der Waals surface area contributed by atoms with Crippen molar-refractivity contribution in [2.75, 3.05) is 7.11 Å². The average molecular weight is 394 g/mol. The molecule has 9 heteroatoms. The van der Waals surface area contributed by atoms with Crippen molar-refractivity contribution in [3.8, 4) is 0 Å². The second kappa shape index (κ2) is 7.20. The Morgan fingerprint density at radius 3 is 2.50 bits per heavy atom. The number of aromatic nitrogens is 3. The zero-order chi connectivity index (χ0) is 19.9. The predicted molar refractivity (Wildman–Crippen MR) is 93.4 cm³/mol. The summed E-state index contributed by atoms with van der Waals surface area (Å²) in [7, 11) is 1.59. The minimum atomic E-state index is -4.55. The quantitative estimate of drug-likeness (QED) is 0.797. The van der Waals surface area contributed by atoms with Crippen LogP contribution < -0.4 is 0 Å². The Morgan fingerprint density at radius 1 is 1.18 bits per heavy atom. The van der Waals surface area contributed by atoms with Crippen LogP contribution in [0.15, 0.2) is 30.5 Å². The van der Waals surface area contributed by atoms with Gasteiger partial charge in [0.15, 0.2) is 0 Å². The Hall–Kier alpha value is -2.42. The molecule has 6 nitrogen and oxygen atoms in total. The molecule has 2 bridgehead atoms. The van der Waals surface area contributed by atoms with Crippen molar-refractivity contribution in [3.05, 3.63) is 47.3 Å². The Balaban J connectivity index is 1.55. The maximum Gasteiger partial charge on any atom is 0.417 e. The lowest BCUT2D eigenvalue weighted by Gasteiger charge is -2.39. The zero-order valence-electron chi connectivity index (χ0n) is 15.4. The van der Waals surface area contributed by atoms with Crippen molar-refractivity contribution in [2.45, 2.75) is 56.6 Å². The number of hydrogen-bond donors (Lipinski definition) is 0. The van der Waals surface area contributed by atoms with Gasteiger partial charge in [-0.15, -0.1) is 5.10 Å². The molecule has 2 fully saturated rings. The van der Waals surface area contributed by atoms with Crippen molar-refractivity contribution in [1.29, 1.82) is 0 Å². The molecular formula is C19H21F3N4O2. The van der Waals surface area contributed by atoms with E-state index in [9.17, 15) is 18.0 Å². The average Bonchev–Trinajstić information content (AvgIpc) is 3.23. The largest absolute Gasteiger partial charge is 0.417 e. The molecule has 4 rings (SSSR count). The number of carbonyl (C=O) groups excluding carboxylic acids is 1. The highest BCUT2D eigenvalue weighted by atomic mass is 19.4. The minimum Gasteiger partial charge on any atom is -0.378 e. The first-order chi connectivity index (χ1) is 13.4. The van der Waals surface area contributed by atoms with E-state index in [0.717, 1.165) is 24.6 Å². The smallest absolute Gasteiger partial charge is 0.378 e. The highest BCUT2D eigenvalue weighted by molar-refractivity contribution is 5.96. The van der Waals surface area contributed by atoms with Crippen LogP contribution in [0.4, 0.5) is 13.2 Å². The number of alkyl halides is 3. The Labute approximate surface area is 160 Å². The molecule has 1 aromatic heterocycles. The summed E-state index contributed by atoms with van der Waals surface area (Å²) in [5.41, 5.74) is -0.414. The summed E-state index contributed by atoms with van der Waals surface area (Å²) in [6, 6.07) is 4.92. The van der Waals surface area contributed by atoms with E-state index >= 15 is 0 Å². The SMILES string of the molecule is COCc1cn(C2CC3CCC(C2)N3C(=O)c2ccccc2C(F)(F)F)nn1. The fourth-order valence-corrected chi connectivity index (χ4v) is 4.46. The molecule has 2 aromatic rings. The highest BCUT2D eigenvalue weighted by Gasteiger charge is 2.46.